The molecule has 0 amide bonds. The predicted octanol–water partition coefficient (Wildman–Crippen LogP) is 2.16. The molecule has 0 aromatic rings. The summed E-state index contributed by atoms with van der Waals surface area (Å²) in [6, 6.07) is 0. The largest absolute Gasteiger partial charge is 0.276 e. The molecule has 0 aliphatic heterocycles. The molecule has 0 unspecified atom stereocenters. The monoisotopic (exact) mass is 204 g/mol. The van der Waals surface area contributed by atoms with Crippen LogP contribution >= 0.6 is 23.2 Å². The molecule has 1 aliphatic rings. The Kier molecular flexibility index (Phi) is 3.06. The first-order valence-corrected chi connectivity index (χ1v) is 4.16. The number of hydrogen-bond acceptors (Lipinski definition) is 2. The molecule has 0 spiro atoms. The van der Waals surface area contributed by atoms with Crippen LogP contribution < -0.4 is 0 Å². The lowest BCUT2D eigenvalue weighted by atomic mass is 10.0. The molecule has 0 aromatic heterocycles. The van der Waals surface area contributed by atoms with Gasteiger partial charge in [-0.3, -0.25) is 9.59 Å². The van der Waals surface area contributed by atoms with Gasteiger partial charge in [-0.1, -0.05) is 12.2 Å². The quantitative estimate of drug-likeness (QED) is 0.647. The summed E-state index contributed by atoms with van der Waals surface area (Å²) in [6.07, 6.45) is 4.06. The highest BCUT2D eigenvalue weighted by atomic mass is 35.5. The van der Waals surface area contributed by atoms with Gasteiger partial charge < -0.3 is 0 Å². The number of hydrogen-bond donors (Lipinski definition) is 0. The molecule has 0 N–H and O–H groups in total. The second-order valence-corrected chi connectivity index (χ2v) is 3.12. The van der Waals surface area contributed by atoms with E-state index in [-0.39, 0.29) is 0 Å². The van der Waals surface area contributed by atoms with Crippen molar-refractivity contribution >= 4 is 33.7 Å². The Bertz CT molecular complexity index is 259. The van der Waals surface area contributed by atoms with E-state index in [2.05, 4.69) is 0 Å². The Balaban J connectivity index is 2.80. The maximum Gasteiger partial charge on any atom is 0.248 e. The van der Waals surface area contributed by atoms with Gasteiger partial charge in [-0.15, -0.1) is 0 Å². The number of allylic oxidation sites excluding steroid dienone is 4. The molecular formula is C8H6Cl2O2. The van der Waals surface area contributed by atoms with E-state index in [1.165, 1.54) is 12.2 Å². The van der Waals surface area contributed by atoms with E-state index >= 15 is 0 Å². The summed E-state index contributed by atoms with van der Waals surface area (Å²) in [7, 11) is 0. The molecular weight excluding hydrogens is 199 g/mol. The van der Waals surface area contributed by atoms with Crippen LogP contribution in [0.25, 0.3) is 0 Å². The molecule has 0 radical (unpaired) electrons. The zero-order valence-electron chi connectivity index (χ0n) is 6.14. The van der Waals surface area contributed by atoms with Crippen molar-refractivity contribution in [2.24, 2.45) is 0 Å². The topological polar surface area (TPSA) is 34.1 Å². The predicted molar refractivity (Wildman–Crippen MR) is 47.1 cm³/mol. The van der Waals surface area contributed by atoms with Crippen molar-refractivity contribution in [3.8, 4) is 0 Å². The summed E-state index contributed by atoms with van der Waals surface area (Å²) in [4.78, 5) is 21.3. The molecule has 4 heteroatoms. The average molecular weight is 205 g/mol. The fourth-order valence-corrected chi connectivity index (χ4v) is 1.28. The van der Waals surface area contributed by atoms with E-state index in [0.717, 1.165) is 0 Å². The molecule has 0 bridgehead atoms. The summed E-state index contributed by atoms with van der Waals surface area (Å²) in [6.45, 7) is 0. The molecule has 12 heavy (non-hydrogen) atoms. The normalized spacial score (nSPS) is 16.5. The number of carbonyl (C=O) groups excluding carboxylic acids is 2. The molecule has 0 atom stereocenters. The average Bonchev–Trinajstić information content (AvgIpc) is 2.04. The molecule has 0 saturated carbocycles. The van der Waals surface area contributed by atoms with E-state index in [0.29, 0.717) is 24.0 Å². The third kappa shape index (κ3) is 2.19. The first kappa shape index (κ1) is 9.49. The highest BCUT2D eigenvalue weighted by Crippen LogP contribution is 2.21. The maximum atomic E-state index is 10.6. The lowest BCUT2D eigenvalue weighted by Crippen LogP contribution is -2.02. The third-order valence-corrected chi connectivity index (χ3v) is 2.14. The first-order chi connectivity index (χ1) is 5.61. The second-order valence-electron chi connectivity index (χ2n) is 2.43. The molecule has 0 aromatic carbocycles. The summed E-state index contributed by atoms with van der Waals surface area (Å²) in [5.41, 5.74) is 1.05. The summed E-state index contributed by atoms with van der Waals surface area (Å²) in [5, 5.41) is -0.931. The van der Waals surface area contributed by atoms with Crippen LogP contribution in [0.4, 0.5) is 0 Å². The number of halogens is 2. The standard InChI is InChI=1S/C8H6Cl2O2/c9-7(11)5-1-2-6(4-3-5)8(10)12/h1-2H,3-4H2. The Morgan fingerprint density at radius 2 is 1.33 bits per heavy atom. The van der Waals surface area contributed by atoms with Gasteiger partial charge in [0.2, 0.25) is 10.5 Å². The van der Waals surface area contributed by atoms with E-state index in [9.17, 15) is 9.59 Å². The SMILES string of the molecule is O=C(Cl)C1=CC=C(C(=O)Cl)CC1. The first-order valence-electron chi connectivity index (χ1n) is 3.40. The van der Waals surface area contributed by atoms with Crippen LogP contribution in [0.3, 0.4) is 0 Å². The second kappa shape index (κ2) is 3.87. The highest BCUT2D eigenvalue weighted by molar-refractivity contribution is 6.68. The van der Waals surface area contributed by atoms with Gasteiger partial charge in [0, 0.05) is 11.1 Å². The zero-order chi connectivity index (χ0) is 9.14. The minimum atomic E-state index is -0.465. The Hall–Kier alpha value is -0.600. The summed E-state index contributed by atoms with van der Waals surface area (Å²) in [5.74, 6) is 0. The van der Waals surface area contributed by atoms with Crippen molar-refractivity contribution in [1.29, 1.82) is 0 Å². The maximum absolute atomic E-state index is 10.6. The van der Waals surface area contributed by atoms with Gasteiger partial charge in [-0.2, -0.15) is 0 Å². The van der Waals surface area contributed by atoms with Crippen molar-refractivity contribution in [3.05, 3.63) is 23.3 Å². The molecule has 0 saturated heterocycles. The van der Waals surface area contributed by atoms with Crippen LogP contribution in [-0.4, -0.2) is 10.5 Å². The van der Waals surface area contributed by atoms with Crippen molar-refractivity contribution in [2.45, 2.75) is 12.8 Å². The van der Waals surface area contributed by atoms with Gasteiger partial charge in [0.05, 0.1) is 0 Å². The van der Waals surface area contributed by atoms with Crippen LogP contribution in [0, 0.1) is 0 Å². The smallest absolute Gasteiger partial charge is 0.248 e. The van der Waals surface area contributed by atoms with E-state index in [4.69, 9.17) is 23.2 Å². The van der Waals surface area contributed by atoms with Gasteiger partial charge in [-0.05, 0) is 36.0 Å². The Labute approximate surface area is 79.8 Å². The van der Waals surface area contributed by atoms with E-state index in [1.807, 2.05) is 0 Å². The van der Waals surface area contributed by atoms with E-state index in [1.54, 1.807) is 0 Å². The van der Waals surface area contributed by atoms with Gasteiger partial charge in [0.1, 0.15) is 0 Å². The Morgan fingerprint density at radius 1 is 1.00 bits per heavy atom. The third-order valence-electron chi connectivity index (χ3n) is 1.65. The number of rotatable bonds is 2. The fraction of sp³-hybridized carbons (Fsp3) is 0.250. The van der Waals surface area contributed by atoms with Crippen LogP contribution in [0.5, 0.6) is 0 Å². The van der Waals surface area contributed by atoms with Gasteiger partial charge >= 0.3 is 0 Å². The van der Waals surface area contributed by atoms with E-state index < -0.39 is 10.5 Å². The van der Waals surface area contributed by atoms with Crippen LogP contribution in [0.2, 0.25) is 0 Å². The summed E-state index contributed by atoms with van der Waals surface area (Å²) < 4.78 is 0. The summed E-state index contributed by atoms with van der Waals surface area (Å²) >= 11 is 10.5. The van der Waals surface area contributed by atoms with Crippen molar-refractivity contribution < 1.29 is 9.59 Å². The van der Waals surface area contributed by atoms with Crippen LogP contribution in [0.1, 0.15) is 12.8 Å². The minimum Gasteiger partial charge on any atom is -0.276 e. The lowest BCUT2D eigenvalue weighted by molar-refractivity contribution is -0.110. The van der Waals surface area contributed by atoms with Crippen LogP contribution in [0.15, 0.2) is 23.3 Å². The van der Waals surface area contributed by atoms with Gasteiger partial charge in [0.15, 0.2) is 0 Å². The van der Waals surface area contributed by atoms with Crippen molar-refractivity contribution in [2.75, 3.05) is 0 Å². The lowest BCUT2D eigenvalue weighted by Gasteiger charge is -2.07. The van der Waals surface area contributed by atoms with Gasteiger partial charge in [-0.25, -0.2) is 0 Å². The molecule has 0 fully saturated rings. The molecule has 2 nitrogen and oxygen atoms in total. The van der Waals surface area contributed by atoms with Crippen molar-refractivity contribution in [3.63, 3.8) is 0 Å². The fourth-order valence-electron chi connectivity index (χ4n) is 0.965. The molecule has 1 aliphatic carbocycles. The Morgan fingerprint density at radius 3 is 1.50 bits per heavy atom. The minimum absolute atomic E-state index is 0.465. The molecule has 64 valence electrons. The van der Waals surface area contributed by atoms with Crippen LogP contribution in [-0.2, 0) is 9.59 Å². The zero-order valence-corrected chi connectivity index (χ0v) is 7.65. The number of carbonyl (C=O) groups is 2. The molecule has 1 rings (SSSR count). The molecule has 0 heterocycles. The highest BCUT2D eigenvalue weighted by Gasteiger charge is 2.14. The van der Waals surface area contributed by atoms with Crippen molar-refractivity contribution in [1.82, 2.24) is 0 Å². The van der Waals surface area contributed by atoms with Gasteiger partial charge in [0.25, 0.3) is 0 Å².